The van der Waals surface area contributed by atoms with Crippen molar-refractivity contribution < 1.29 is 9.53 Å². The molecule has 3 aromatic rings. The number of rotatable bonds is 9. The number of benzene rings is 3. The van der Waals surface area contributed by atoms with Crippen molar-refractivity contribution in [2.75, 3.05) is 6.61 Å². The van der Waals surface area contributed by atoms with Crippen LogP contribution in [0.5, 0.6) is 5.75 Å². The third-order valence-corrected chi connectivity index (χ3v) is 4.71. The fourth-order valence-corrected chi connectivity index (χ4v) is 3.07. The molecule has 7 heteroatoms. The zero-order valence-corrected chi connectivity index (χ0v) is 17.0. The van der Waals surface area contributed by atoms with Gasteiger partial charge in [0.15, 0.2) is 0 Å². The van der Waals surface area contributed by atoms with Crippen LogP contribution in [0.4, 0.5) is 0 Å². The summed E-state index contributed by atoms with van der Waals surface area (Å²) < 4.78 is 5.91. The van der Waals surface area contributed by atoms with Gasteiger partial charge in [-0.2, -0.15) is 0 Å². The number of carbonyl (C=O) groups excluding carboxylic acids is 1. The number of carbonyl (C=O) groups is 1. The van der Waals surface area contributed by atoms with Crippen LogP contribution < -0.4 is 21.5 Å². The lowest BCUT2D eigenvalue weighted by Crippen LogP contribution is -2.40. The summed E-state index contributed by atoms with van der Waals surface area (Å²) in [6, 6.07) is 23.1. The second-order valence-corrected chi connectivity index (χ2v) is 7.10. The summed E-state index contributed by atoms with van der Waals surface area (Å²) >= 11 is 0. The first-order valence-corrected chi connectivity index (χ1v) is 9.79. The molecule has 7 nitrogen and oxygen atoms in total. The highest BCUT2D eigenvalue weighted by Gasteiger charge is 2.16. The molecule has 0 fully saturated rings. The summed E-state index contributed by atoms with van der Waals surface area (Å²) in [5, 5.41) is 18.1. The van der Waals surface area contributed by atoms with E-state index in [2.05, 4.69) is 5.32 Å². The first-order valence-electron chi connectivity index (χ1n) is 9.79. The molecule has 31 heavy (non-hydrogen) atoms. The zero-order valence-electron chi connectivity index (χ0n) is 17.0. The molecule has 7 N–H and O–H groups in total. The van der Waals surface area contributed by atoms with E-state index in [4.69, 9.17) is 27.0 Å². The number of hydrogen-bond acceptors (Lipinski definition) is 4. The van der Waals surface area contributed by atoms with Crippen molar-refractivity contribution in [2.45, 2.75) is 12.5 Å². The van der Waals surface area contributed by atoms with Crippen molar-refractivity contribution in [2.24, 2.45) is 11.5 Å². The summed E-state index contributed by atoms with van der Waals surface area (Å²) in [4.78, 5) is 12.8. The van der Waals surface area contributed by atoms with E-state index in [1.165, 1.54) is 0 Å². The lowest BCUT2D eigenvalue weighted by molar-refractivity contribution is 0.0921. The maximum Gasteiger partial charge on any atom is 0.251 e. The molecule has 0 aliphatic rings. The highest BCUT2D eigenvalue weighted by atomic mass is 16.5. The Morgan fingerprint density at radius 3 is 2.13 bits per heavy atom. The molecule has 0 radical (unpaired) electrons. The minimum atomic E-state index is -0.289. The Hall–Kier alpha value is -4.13. The van der Waals surface area contributed by atoms with Gasteiger partial charge in [0.1, 0.15) is 24.0 Å². The second-order valence-electron chi connectivity index (χ2n) is 7.10. The molecule has 0 saturated heterocycles. The van der Waals surface area contributed by atoms with E-state index < -0.39 is 0 Å². The van der Waals surface area contributed by atoms with Gasteiger partial charge in [-0.3, -0.25) is 15.6 Å². The lowest BCUT2D eigenvalue weighted by Gasteiger charge is -2.20. The van der Waals surface area contributed by atoms with Gasteiger partial charge in [0.2, 0.25) is 0 Å². The number of hydrogen-bond donors (Lipinski definition) is 5. The average molecular weight is 415 g/mol. The van der Waals surface area contributed by atoms with Gasteiger partial charge in [0.05, 0.1) is 6.04 Å². The smallest absolute Gasteiger partial charge is 0.251 e. The number of ether oxygens (including phenoxy) is 1. The van der Waals surface area contributed by atoms with Gasteiger partial charge in [-0.25, -0.2) is 0 Å². The quantitative estimate of drug-likeness (QED) is 0.271. The highest BCUT2D eigenvalue weighted by Crippen LogP contribution is 2.14. The van der Waals surface area contributed by atoms with Gasteiger partial charge in [-0.15, -0.1) is 0 Å². The van der Waals surface area contributed by atoms with Crippen LogP contribution in [0.15, 0.2) is 78.9 Å². The van der Waals surface area contributed by atoms with Gasteiger partial charge >= 0.3 is 0 Å². The van der Waals surface area contributed by atoms with Crippen LogP contribution in [-0.2, 0) is 6.42 Å². The predicted molar refractivity (Wildman–Crippen MR) is 122 cm³/mol. The average Bonchev–Trinajstić information content (AvgIpc) is 2.78. The normalized spacial score (nSPS) is 11.4. The molecular weight excluding hydrogens is 390 g/mol. The topological polar surface area (TPSA) is 138 Å². The summed E-state index contributed by atoms with van der Waals surface area (Å²) in [6.07, 6.45) is 0.588. The summed E-state index contributed by atoms with van der Waals surface area (Å²) in [5.41, 5.74) is 13.7. The van der Waals surface area contributed by atoms with Crippen LogP contribution in [-0.4, -0.2) is 30.2 Å². The molecule has 158 valence electrons. The molecule has 0 saturated carbocycles. The van der Waals surface area contributed by atoms with Gasteiger partial charge in [0, 0.05) is 16.7 Å². The van der Waals surface area contributed by atoms with Crippen LogP contribution in [0.3, 0.4) is 0 Å². The standard InChI is InChI=1S/C24H25N5O2/c25-22(26)17-9-11-18(12-10-17)24(30)29-20(13-16-5-2-1-3-6-16)15-31-21-8-4-7-19(14-21)23(27)28/h1-12,14,20H,13,15H2,(H3,25,26)(H3,27,28)(H,29,30)/t20-/m0/s1. The molecule has 3 rings (SSSR count). The van der Waals surface area contributed by atoms with E-state index >= 15 is 0 Å². The van der Waals surface area contributed by atoms with Gasteiger partial charge < -0.3 is 21.5 Å². The molecule has 0 spiro atoms. The molecule has 1 amide bonds. The number of nitrogens with two attached hydrogens (primary N) is 2. The van der Waals surface area contributed by atoms with E-state index in [0.29, 0.717) is 28.9 Å². The Kier molecular flexibility index (Phi) is 7.01. The third-order valence-electron chi connectivity index (χ3n) is 4.71. The van der Waals surface area contributed by atoms with E-state index in [0.717, 1.165) is 5.56 Å². The van der Waals surface area contributed by atoms with Crippen LogP contribution >= 0.6 is 0 Å². The van der Waals surface area contributed by atoms with E-state index in [9.17, 15) is 4.79 Å². The Morgan fingerprint density at radius 1 is 0.839 bits per heavy atom. The second kappa shape index (κ2) is 10.1. The molecule has 0 heterocycles. The molecule has 0 bridgehead atoms. The van der Waals surface area contributed by atoms with Gasteiger partial charge in [-0.05, 0) is 36.2 Å². The minimum Gasteiger partial charge on any atom is -0.491 e. The third kappa shape index (κ3) is 6.17. The zero-order chi connectivity index (χ0) is 22.2. The van der Waals surface area contributed by atoms with Crippen LogP contribution in [0.2, 0.25) is 0 Å². The van der Waals surface area contributed by atoms with Crippen molar-refractivity contribution in [1.82, 2.24) is 5.32 Å². The van der Waals surface area contributed by atoms with Crippen molar-refractivity contribution in [3.8, 4) is 5.75 Å². The Morgan fingerprint density at radius 2 is 1.48 bits per heavy atom. The first kappa shape index (κ1) is 21.6. The number of nitrogens with one attached hydrogen (secondary N) is 3. The number of amidine groups is 2. The van der Waals surface area contributed by atoms with Gasteiger partial charge in [-0.1, -0.05) is 54.6 Å². The SMILES string of the molecule is N=C(N)c1ccc(C(=O)N[C@H](COc2cccc(C(=N)N)c2)Cc2ccccc2)cc1. The Bertz CT molecular complexity index is 1060. The monoisotopic (exact) mass is 415 g/mol. The Balaban J connectivity index is 1.72. The molecule has 0 unspecified atom stereocenters. The van der Waals surface area contributed by atoms with Crippen molar-refractivity contribution in [1.29, 1.82) is 10.8 Å². The fourth-order valence-electron chi connectivity index (χ4n) is 3.07. The summed E-state index contributed by atoms with van der Waals surface area (Å²) in [7, 11) is 0. The molecule has 3 aromatic carbocycles. The summed E-state index contributed by atoms with van der Waals surface area (Å²) in [5.74, 6) is 0.256. The molecule has 1 atom stereocenters. The maximum atomic E-state index is 12.8. The molecule has 0 aliphatic heterocycles. The Labute approximate surface area is 181 Å². The molecule has 0 aliphatic carbocycles. The van der Waals surface area contributed by atoms with Crippen LogP contribution in [0.1, 0.15) is 27.0 Å². The number of amides is 1. The summed E-state index contributed by atoms with van der Waals surface area (Å²) in [6.45, 7) is 0.244. The lowest BCUT2D eigenvalue weighted by atomic mass is 10.1. The van der Waals surface area contributed by atoms with E-state index in [-0.39, 0.29) is 30.2 Å². The van der Waals surface area contributed by atoms with E-state index in [1.807, 2.05) is 30.3 Å². The minimum absolute atomic E-state index is 0.0337. The van der Waals surface area contributed by atoms with Crippen LogP contribution in [0.25, 0.3) is 0 Å². The van der Waals surface area contributed by atoms with Gasteiger partial charge in [0.25, 0.3) is 5.91 Å². The van der Waals surface area contributed by atoms with E-state index in [1.54, 1.807) is 48.5 Å². The first-order chi connectivity index (χ1) is 14.9. The predicted octanol–water partition coefficient (Wildman–Crippen LogP) is 2.67. The van der Waals surface area contributed by atoms with Crippen LogP contribution in [0, 0.1) is 10.8 Å². The molecular formula is C24H25N5O2. The number of nitrogen functional groups attached to an aromatic ring is 2. The maximum absolute atomic E-state index is 12.8. The fraction of sp³-hybridized carbons (Fsp3) is 0.125. The van der Waals surface area contributed by atoms with Crippen molar-refractivity contribution in [3.05, 3.63) is 101 Å². The highest BCUT2D eigenvalue weighted by molar-refractivity contribution is 5.98. The van der Waals surface area contributed by atoms with Crippen molar-refractivity contribution in [3.63, 3.8) is 0 Å². The van der Waals surface area contributed by atoms with Crippen molar-refractivity contribution >= 4 is 17.6 Å². The largest absolute Gasteiger partial charge is 0.491 e. The molecule has 0 aromatic heterocycles.